The lowest BCUT2D eigenvalue weighted by Crippen LogP contribution is -2.26. The number of benzene rings is 1. The molecule has 9 nitrogen and oxygen atoms in total. The average Bonchev–Trinajstić information content (AvgIpc) is 3.42. The first-order chi connectivity index (χ1) is 15.5. The summed E-state index contributed by atoms with van der Waals surface area (Å²) in [7, 11) is 0. The van der Waals surface area contributed by atoms with Gasteiger partial charge in [0, 0.05) is 31.0 Å². The van der Waals surface area contributed by atoms with Gasteiger partial charge in [-0.15, -0.1) is 0 Å². The molecule has 0 bridgehead atoms. The molecule has 0 aliphatic heterocycles. The lowest BCUT2D eigenvalue weighted by Gasteiger charge is -2.07. The number of rotatable bonds is 7. The number of fused-ring (bicyclic) bond motifs is 1. The van der Waals surface area contributed by atoms with Crippen molar-refractivity contribution in [2.45, 2.75) is 33.7 Å². The van der Waals surface area contributed by atoms with Gasteiger partial charge in [-0.25, -0.2) is 9.50 Å². The lowest BCUT2D eigenvalue weighted by molar-refractivity contribution is 0.0948. The lowest BCUT2D eigenvalue weighted by atomic mass is 10.1. The molecule has 9 heteroatoms. The Kier molecular flexibility index (Phi) is 5.98. The second kappa shape index (κ2) is 9.01. The zero-order valence-corrected chi connectivity index (χ0v) is 18.3. The number of amides is 2. The number of hydrogen-bond acceptors (Lipinski definition) is 5. The fourth-order valence-corrected chi connectivity index (χ4v) is 3.35. The minimum Gasteiger partial charge on any atom is -0.351 e. The van der Waals surface area contributed by atoms with E-state index in [1.54, 1.807) is 21.6 Å². The van der Waals surface area contributed by atoms with Crippen LogP contribution in [0, 0.1) is 6.92 Å². The van der Waals surface area contributed by atoms with Crippen molar-refractivity contribution in [1.29, 1.82) is 0 Å². The predicted octanol–water partition coefficient (Wildman–Crippen LogP) is 3.31. The van der Waals surface area contributed by atoms with Gasteiger partial charge in [0.05, 0.1) is 17.6 Å². The Morgan fingerprint density at radius 1 is 1.06 bits per heavy atom. The molecular formula is C23H25N7O2. The molecule has 0 aliphatic carbocycles. The van der Waals surface area contributed by atoms with Crippen molar-refractivity contribution in [1.82, 2.24) is 29.7 Å². The Hall–Kier alpha value is -4.01. The molecule has 164 valence electrons. The largest absolute Gasteiger partial charge is 0.351 e. The standard InChI is InChI=1S/C23H25N7O2/c1-4-11-25-23(32)20-18(14-29(5-2)28-20)27-22(31)17-13-26-30-19(10-12-24-21(17)30)16-8-6-15(3)7-9-16/h6-10,12-14H,4-5,11H2,1-3H3,(H,25,32)(H,27,31). The molecule has 4 rings (SSSR count). The summed E-state index contributed by atoms with van der Waals surface area (Å²) < 4.78 is 3.25. The Morgan fingerprint density at radius 3 is 2.56 bits per heavy atom. The van der Waals surface area contributed by atoms with Gasteiger partial charge in [-0.1, -0.05) is 36.8 Å². The molecular weight excluding hydrogens is 406 g/mol. The summed E-state index contributed by atoms with van der Waals surface area (Å²) in [6.07, 6.45) is 5.59. The smallest absolute Gasteiger partial charge is 0.273 e. The molecule has 2 N–H and O–H groups in total. The van der Waals surface area contributed by atoms with Crippen LogP contribution in [0.2, 0.25) is 0 Å². The van der Waals surface area contributed by atoms with Crippen LogP contribution in [-0.2, 0) is 6.54 Å². The number of nitrogens with one attached hydrogen (secondary N) is 2. The van der Waals surface area contributed by atoms with Gasteiger partial charge in [0.2, 0.25) is 0 Å². The highest BCUT2D eigenvalue weighted by molar-refractivity contribution is 6.11. The first-order valence-electron chi connectivity index (χ1n) is 10.6. The highest BCUT2D eigenvalue weighted by Crippen LogP contribution is 2.22. The van der Waals surface area contributed by atoms with Crippen LogP contribution in [0.25, 0.3) is 16.9 Å². The molecule has 0 saturated heterocycles. The van der Waals surface area contributed by atoms with Gasteiger partial charge in [-0.3, -0.25) is 14.3 Å². The monoisotopic (exact) mass is 431 g/mol. The van der Waals surface area contributed by atoms with Gasteiger partial charge in [-0.2, -0.15) is 10.2 Å². The van der Waals surface area contributed by atoms with E-state index in [0.29, 0.717) is 30.0 Å². The molecule has 0 atom stereocenters. The molecule has 3 aromatic heterocycles. The molecule has 1 aromatic carbocycles. The van der Waals surface area contributed by atoms with Crippen LogP contribution in [0.4, 0.5) is 5.69 Å². The molecule has 4 aromatic rings. The van der Waals surface area contributed by atoms with Crippen molar-refractivity contribution >= 4 is 23.1 Å². The van der Waals surface area contributed by atoms with E-state index < -0.39 is 5.91 Å². The SMILES string of the molecule is CCCNC(=O)c1nn(CC)cc1NC(=O)c1cnn2c(-c3ccc(C)cc3)ccnc12. The highest BCUT2D eigenvalue weighted by Gasteiger charge is 2.21. The topological polar surface area (TPSA) is 106 Å². The second-order valence-electron chi connectivity index (χ2n) is 7.45. The van der Waals surface area contributed by atoms with E-state index in [1.165, 1.54) is 6.20 Å². The van der Waals surface area contributed by atoms with Crippen LogP contribution in [-0.4, -0.2) is 42.7 Å². The Bertz CT molecular complexity index is 1270. The molecule has 3 heterocycles. The Balaban J connectivity index is 1.66. The predicted molar refractivity (Wildman–Crippen MR) is 122 cm³/mol. The molecule has 32 heavy (non-hydrogen) atoms. The molecule has 0 radical (unpaired) electrons. The maximum atomic E-state index is 13.1. The van der Waals surface area contributed by atoms with Gasteiger partial charge in [0.25, 0.3) is 11.8 Å². The number of aryl methyl sites for hydroxylation is 2. The van der Waals surface area contributed by atoms with Gasteiger partial charge in [-0.05, 0) is 26.3 Å². The first kappa shape index (κ1) is 21.2. The van der Waals surface area contributed by atoms with E-state index in [-0.39, 0.29) is 11.6 Å². The van der Waals surface area contributed by atoms with E-state index >= 15 is 0 Å². The normalized spacial score (nSPS) is 11.0. The summed E-state index contributed by atoms with van der Waals surface area (Å²) in [5, 5.41) is 14.3. The summed E-state index contributed by atoms with van der Waals surface area (Å²) >= 11 is 0. The van der Waals surface area contributed by atoms with Crippen molar-refractivity contribution in [2.24, 2.45) is 0 Å². The number of aromatic nitrogens is 5. The highest BCUT2D eigenvalue weighted by atomic mass is 16.2. The van der Waals surface area contributed by atoms with Crippen LogP contribution in [0.1, 0.15) is 46.7 Å². The van der Waals surface area contributed by atoms with E-state index in [2.05, 4.69) is 25.8 Å². The maximum Gasteiger partial charge on any atom is 0.273 e. The summed E-state index contributed by atoms with van der Waals surface area (Å²) in [5.41, 5.74) is 4.22. The van der Waals surface area contributed by atoms with Crippen molar-refractivity contribution in [3.8, 4) is 11.3 Å². The quantitative estimate of drug-likeness (QED) is 0.467. The van der Waals surface area contributed by atoms with Crippen LogP contribution in [0.5, 0.6) is 0 Å². The fourth-order valence-electron chi connectivity index (χ4n) is 3.35. The number of carbonyl (C=O) groups excluding carboxylic acids is 2. The van der Waals surface area contributed by atoms with Crippen LogP contribution >= 0.6 is 0 Å². The molecule has 0 unspecified atom stereocenters. The van der Waals surface area contributed by atoms with Gasteiger partial charge in [0.1, 0.15) is 5.56 Å². The van der Waals surface area contributed by atoms with Crippen molar-refractivity contribution < 1.29 is 9.59 Å². The number of carbonyl (C=O) groups is 2. The Labute approximate surface area is 185 Å². The zero-order chi connectivity index (χ0) is 22.7. The maximum absolute atomic E-state index is 13.1. The number of nitrogens with zero attached hydrogens (tertiary/aromatic N) is 5. The summed E-state index contributed by atoms with van der Waals surface area (Å²) in [4.78, 5) is 30.0. The third-order valence-electron chi connectivity index (χ3n) is 5.08. The zero-order valence-electron chi connectivity index (χ0n) is 18.3. The van der Waals surface area contributed by atoms with Crippen molar-refractivity contribution in [3.63, 3.8) is 0 Å². The third-order valence-corrected chi connectivity index (χ3v) is 5.08. The van der Waals surface area contributed by atoms with Crippen LogP contribution in [0.15, 0.2) is 48.9 Å². The van der Waals surface area contributed by atoms with Crippen molar-refractivity contribution in [3.05, 3.63) is 65.7 Å². The minimum atomic E-state index is -0.409. The average molecular weight is 432 g/mol. The van der Waals surface area contributed by atoms with Gasteiger partial charge < -0.3 is 10.6 Å². The number of anilines is 1. The molecule has 0 fully saturated rings. The molecule has 2 amide bonds. The summed E-state index contributed by atoms with van der Waals surface area (Å²) in [6.45, 7) is 7.01. The van der Waals surface area contributed by atoms with E-state index in [9.17, 15) is 9.59 Å². The third kappa shape index (κ3) is 4.09. The van der Waals surface area contributed by atoms with E-state index in [0.717, 1.165) is 23.2 Å². The summed E-state index contributed by atoms with van der Waals surface area (Å²) in [5.74, 6) is -0.734. The first-order valence-corrected chi connectivity index (χ1v) is 10.6. The molecule has 0 aliphatic rings. The van der Waals surface area contributed by atoms with Gasteiger partial charge in [0.15, 0.2) is 11.3 Å². The van der Waals surface area contributed by atoms with Gasteiger partial charge >= 0.3 is 0 Å². The summed E-state index contributed by atoms with van der Waals surface area (Å²) in [6, 6.07) is 9.91. The molecule has 0 saturated carbocycles. The number of hydrogen-bond donors (Lipinski definition) is 2. The fraction of sp³-hybridized carbons (Fsp3) is 0.261. The second-order valence-corrected chi connectivity index (χ2v) is 7.45. The van der Waals surface area contributed by atoms with Crippen molar-refractivity contribution in [2.75, 3.05) is 11.9 Å². The van der Waals surface area contributed by atoms with Crippen LogP contribution in [0.3, 0.4) is 0 Å². The Morgan fingerprint density at radius 2 is 1.84 bits per heavy atom. The minimum absolute atomic E-state index is 0.179. The van der Waals surface area contributed by atoms with E-state index in [1.807, 2.05) is 51.1 Å². The molecule has 0 spiro atoms. The van der Waals surface area contributed by atoms with E-state index in [4.69, 9.17) is 0 Å². The van der Waals surface area contributed by atoms with Crippen LogP contribution < -0.4 is 10.6 Å².